The van der Waals surface area contributed by atoms with E-state index in [4.69, 9.17) is 14.6 Å². The van der Waals surface area contributed by atoms with E-state index in [1.807, 2.05) is 48.5 Å². The molecule has 3 heterocycles. The van der Waals surface area contributed by atoms with Gasteiger partial charge < -0.3 is 14.6 Å². The van der Waals surface area contributed by atoms with Gasteiger partial charge in [-0.25, -0.2) is 8.78 Å². The van der Waals surface area contributed by atoms with Crippen LogP contribution in [-0.2, 0) is 51.7 Å². The van der Waals surface area contributed by atoms with Crippen molar-refractivity contribution in [2.24, 2.45) is 0 Å². The van der Waals surface area contributed by atoms with Crippen molar-refractivity contribution in [2.75, 3.05) is 0 Å². The Bertz CT molecular complexity index is 2260. The molecule has 0 aliphatic carbocycles. The monoisotopic (exact) mass is 1050 g/mol. The average Bonchev–Trinajstić information content (AvgIpc) is 3.42. The van der Waals surface area contributed by atoms with Crippen LogP contribution in [0.15, 0.2) is 113 Å². The first-order valence-electron chi connectivity index (χ1n) is 15.1. The van der Waals surface area contributed by atoms with E-state index in [9.17, 15) is 18.4 Å². The minimum Gasteiger partial charge on any atom is -0.545 e. The van der Waals surface area contributed by atoms with Gasteiger partial charge in [-0.3, -0.25) is 19.6 Å². The first kappa shape index (κ1) is 40.6. The van der Waals surface area contributed by atoms with E-state index in [1.165, 1.54) is 64.1 Å². The maximum absolute atomic E-state index is 13.8. The van der Waals surface area contributed by atoms with Gasteiger partial charge in [0.15, 0.2) is 11.6 Å². The summed E-state index contributed by atoms with van der Waals surface area (Å²) in [7, 11) is 0. The van der Waals surface area contributed by atoms with E-state index in [-0.39, 0.29) is 76.8 Å². The van der Waals surface area contributed by atoms with Crippen LogP contribution in [0.25, 0.3) is 66.3 Å². The van der Waals surface area contributed by atoms with Crippen LogP contribution in [-0.4, -0.2) is 31.7 Å². The molecule has 0 aliphatic rings. The van der Waals surface area contributed by atoms with Gasteiger partial charge in [-0.05, 0) is 86.3 Å². The van der Waals surface area contributed by atoms with Gasteiger partial charge in [0, 0.05) is 65.4 Å². The Hall–Kier alpha value is -4.84. The van der Waals surface area contributed by atoms with Gasteiger partial charge in [0.2, 0.25) is 0 Å². The van der Waals surface area contributed by atoms with Gasteiger partial charge in [-0.15, -0.1) is 36.4 Å². The Morgan fingerprint density at radius 3 is 1.33 bits per heavy atom. The molecule has 11 heteroatoms. The van der Waals surface area contributed by atoms with Gasteiger partial charge in [0.05, 0.1) is 22.6 Å². The van der Waals surface area contributed by atoms with Crippen molar-refractivity contribution in [3.05, 3.63) is 132 Å². The van der Waals surface area contributed by atoms with E-state index < -0.39 is 0 Å². The SMILES string of the molecule is CC(=O)/C=C(/C)O.CC(=O)/C=C(/C)O.Fc1ccc2ccc(-c3[c-]ccc4c3oc3c(-c5ccc6ccc(F)cc6n5)[c-]ccc34)nc2c1.[Pt].[Pt]. The first-order chi connectivity index (χ1) is 23.4. The quantitative estimate of drug-likeness (QED) is 0.103. The molecule has 266 valence electrons. The van der Waals surface area contributed by atoms with Crippen LogP contribution >= 0.6 is 0 Å². The third-order valence-corrected chi connectivity index (χ3v) is 7.04. The van der Waals surface area contributed by atoms with Crippen molar-refractivity contribution >= 4 is 55.3 Å². The van der Waals surface area contributed by atoms with Crippen molar-refractivity contribution in [1.82, 2.24) is 9.97 Å². The molecule has 3 aromatic heterocycles. The molecule has 0 atom stereocenters. The Kier molecular flexibility index (Phi) is 14.2. The van der Waals surface area contributed by atoms with Crippen molar-refractivity contribution in [3.8, 4) is 22.5 Å². The fraction of sp³-hybridized carbons (Fsp3) is 0.100. The molecule has 0 fully saturated rings. The molecule has 2 N–H and O–H groups in total. The first-order valence-corrected chi connectivity index (χ1v) is 15.1. The number of benzene rings is 4. The zero-order chi connectivity index (χ0) is 35.2. The number of carbonyl (C=O) groups is 2. The Labute approximate surface area is 321 Å². The van der Waals surface area contributed by atoms with Gasteiger partial charge in [0.25, 0.3) is 0 Å². The second kappa shape index (κ2) is 17.9. The molecule has 0 aliphatic heterocycles. The van der Waals surface area contributed by atoms with Crippen LogP contribution in [0.1, 0.15) is 27.7 Å². The molecule has 0 saturated heterocycles. The van der Waals surface area contributed by atoms with Gasteiger partial charge in [0.1, 0.15) is 11.6 Å². The number of hydrogen-bond donors (Lipinski definition) is 2. The number of fused-ring (bicyclic) bond motifs is 5. The van der Waals surface area contributed by atoms with Crippen LogP contribution < -0.4 is 0 Å². The molecule has 0 spiro atoms. The number of rotatable bonds is 4. The third kappa shape index (κ3) is 10.1. The number of nitrogens with zero attached hydrogens (tertiary/aromatic N) is 2. The minimum atomic E-state index is -0.337. The summed E-state index contributed by atoms with van der Waals surface area (Å²) in [5.74, 6) is -0.799. The third-order valence-electron chi connectivity index (χ3n) is 7.04. The largest absolute Gasteiger partial charge is 0.545 e. The number of ketones is 2. The number of allylic oxidation sites excluding steroid dienone is 4. The molecule has 0 radical (unpaired) electrons. The van der Waals surface area contributed by atoms with Crippen molar-refractivity contribution in [1.29, 1.82) is 0 Å². The topological polar surface area (TPSA) is 114 Å². The molecule has 7 aromatic rings. The fourth-order valence-electron chi connectivity index (χ4n) is 5.13. The van der Waals surface area contributed by atoms with Gasteiger partial charge in [-0.2, -0.15) is 0 Å². The van der Waals surface area contributed by atoms with Crippen molar-refractivity contribution in [3.63, 3.8) is 0 Å². The van der Waals surface area contributed by atoms with E-state index in [2.05, 4.69) is 22.1 Å². The number of aliphatic hydroxyl groups excluding tert-OH is 2. The maximum Gasteiger partial charge on any atom is 0.155 e. The zero-order valence-corrected chi connectivity index (χ0v) is 32.2. The molecular weight excluding hydrogens is 1020 g/mol. The number of hydrogen-bond acceptors (Lipinski definition) is 7. The van der Waals surface area contributed by atoms with E-state index in [1.54, 1.807) is 12.1 Å². The molecule has 0 unspecified atom stereocenters. The number of aromatic nitrogens is 2. The zero-order valence-electron chi connectivity index (χ0n) is 27.6. The summed E-state index contributed by atoms with van der Waals surface area (Å²) in [4.78, 5) is 29.4. The molecule has 4 aromatic carbocycles. The van der Waals surface area contributed by atoms with E-state index >= 15 is 0 Å². The minimum absolute atomic E-state index is 0. The molecule has 51 heavy (non-hydrogen) atoms. The van der Waals surface area contributed by atoms with Crippen LogP contribution in [0.2, 0.25) is 0 Å². The standard InChI is InChI=1S/C30H14F2N2O.2C5H8O2.2Pt/c31-19-11-7-17-9-13-25(33-27(17)15-19)23-5-1-3-21-22-4-2-6-24(30(22)35-29(21)23)26-14-10-18-8-12-20(32)16-28(18)34-26;2*1-4(6)3-5(2)7;;/h1-4,7-16H;2*3,6H,1-2H3;;/q-2;;;;/b;2*4-3-;;. The summed E-state index contributed by atoms with van der Waals surface area (Å²) in [6.07, 6.45) is 2.33. The normalized spacial score (nSPS) is 11.2. The average molecular weight is 1050 g/mol. The molecule has 0 saturated carbocycles. The van der Waals surface area contributed by atoms with Crippen molar-refractivity contribution in [2.45, 2.75) is 27.7 Å². The summed E-state index contributed by atoms with van der Waals surface area (Å²) in [5.41, 5.74) is 5.01. The van der Waals surface area contributed by atoms with E-state index in [0.717, 1.165) is 21.5 Å². The molecule has 0 bridgehead atoms. The van der Waals surface area contributed by atoms with Crippen LogP contribution in [0.5, 0.6) is 0 Å². The van der Waals surface area contributed by atoms with Crippen LogP contribution in [0, 0.1) is 23.8 Å². The second-order valence-electron chi connectivity index (χ2n) is 11.2. The summed E-state index contributed by atoms with van der Waals surface area (Å²) in [5, 5.41) is 20.2. The summed E-state index contributed by atoms with van der Waals surface area (Å²) in [6, 6.07) is 30.7. The summed E-state index contributed by atoms with van der Waals surface area (Å²) in [6.45, 7) is 5.70. The smallest absolute Gasteiger partial charge is 0.155 e. The Morgan fingerprint density at radius 1 is 0.627 bits per heavy atom. The number of furan rings is 1. The summed E-state index contributed by atoms with van der Waals surface area (Å²) < 4.78 is 34.0. The molecule has 7 nitrogen and oxygen atoms in total. The van der Waals surface area contributed by atoms with Crippen LogP contribution in [0.4, 0.5) is 8.78 Å². The fourth-order valence-corrected chi connectivity index (χ4v) is 5.13. The molecular formula is C40H30F2N2O5Pt2-2. The predicted molar refractivity (Wildman–Crippen MR) is 187 cm³/mol. The van der Waals surface area contributed by atoms with E-state index in [0.29, 0.717) is 44.7 Å². The summed E-state index contributed by atoms with van der Waals surface area (Å²) >= 11 is 0. The van der Waals surface area contributed by atoms with Gasteiger partial charge in [-0.1, -0.05) is 46.2 Å². The maximum atomic E-state index is 13.8. The number of halogens is 2. The second-order valence-corrected chi connectivity index (χ2v) is 11.2. The number of aliphatic hydroxyl groups is 2. The Morgan fingerprint density at radius 2 is 1.00 bits per heavy atom. The van der Waals surface area contributed by atoms with Crippen molar-refractivity contribution < 1.29 is 75.1 Å². The van der Waals surface area contributed by atoms with Gasteiger partial charge >= 0.3 is 0 Å². The number of carbonyl (C=O) groups excluding carboxylic acids is 2. The predicted octanol–water partition coefficient (Wildman–Crippen LogP) is 9.96. The molecule has 0 amide bonds. The molecule has 7 rings (SSSR count). The van der Waals surface area contributed by atoms with Crippen LogP contribution in [0.3, 0.4) is 0 Å². The Balaban J connectivity index is 0.000000376. The number of pyridine rings is 2.